The first-order valence-corrected chi connectivity index (χ1v) is 10.6. The minimum absolute atomic E-state index is 0.0491. The second-order valence-electron chi connectivity index (χ2n) is 6.75. The van der Waals surface area contributed by atoms with Crippen molar-refractivity contribution in [2.24, 2.45) is 0 Å². The van der Waals surface area contributed by atoms with Gasteiger partial charge in [0.05, 0.1) is 30.6 Å². The molecule has 3 aromatic rings. The summed E-state index contributed by atoms with van der Waals surface area (Å²) < 4.78 is 15.9. The van der Waals surface area contributed by atoms with E-state index in [1.807, 2.05) is 23.1 Å². The number of rotatable bonds is 7. The van der Waals surface area contributed by atoms with Gasteiger partial charge in [-0.2, -0.15) is 4.98 Å². The minimum atomic E-state index is 0.0491. The number of benzene rings is 1. The topological polar surface area (TPSA) is 90.6 Å². The van der Waals surface area contributed by atoms with Gasteiger partial charge in [-0.25, -0.2) is 4.98 Å². The maximum atomic E-state index is 12.4. The molecule has 0 radical (unpaired) electrons. The standard InChI is InChI=1S/C21H22N4O4S/c1-27-16-7-5-14(11-17(16)28-2)20-23-18(29-24-20)13-30-19-8-6-15(12-22-19)21(26)25-9-3-4-10-25/h5-8,11-12H,3-4,9-10,13H2,1-2H3. The van der Waals surface area contributed by atoms with E-state index in [0.29, 0.717) is 34.5 Å². The molecule has 0 saturated carbocycles. The monoisotopic (exact) mass is 426 g/mol. The second kappa shape index (κ2) is 9.17. The fourth-order valence-electron chi connectivity index (χ4n) is 3.24. The first-order valence-electron chi connectivity index (χ1n) is 9.61. The molecule has 1 aliphatic heterocycles. The number of carbonyl (C=O) groups excluding carboxylic acids is 1. The van der Waals surface area contributed by atoms with Crippen LogP contribution < -0.4 is 9.47 Å². The number of thioether (sulfide) groups is 1. The molecule has 1 aromatic carbocycles. The molecule has 3 heterocycles. The average molecular weight is 426 g/mol. The average Bonchev–Trinajstić information content (AvgIpc) is 3.49. The molecule has 30 heavy (non-hydrogen) atoms. The molecule has 1 fully saturated rings. The molecule has 8 nitrogen and oxygen atoms in total. The molecule has 156 valence electrons. The summed E-state index contributed by atoms with van der Waals surface area (Å²) in [6.07, 6.45) is 3.77. The van der Waals surface area contributed by atoms with E-state index in [4.69, 9.17) is 14.0 Å². The summed E-state index contributed by atoms with van der Waals surface area (Å²) in [5, 5.41) is 4.84. The van der Waals surface area contributed by atoms with Gasteiger partial charge in [0, 0.05) is 24.8 Å². The van der Waals surface area contributed by atoms with E-state index in [-0.39, 0.29) is 5.91 Å². The first kappa shape index (κ1) is 20.2. The Balaban J connectivity index is 1.38. The summed E-state index contributed by atoms with van der Waals surface area (Å²) in [7, 11) is 3.17. The van der Waals surface area contributed by atoms with Crippen LogP contribution in [0.4, 0.5) is 0 Å². The van der Waals surface area contributed by atoms with Crippen LogP contribution in [0.25, 0.3) is 11.4 Å². The van der Waals surface area contributed by atoms with Gasteiger partial charge in [-0.05, 0) is 43.2 Å². The van der Waals surface area contributed by atoms with Crippen LogP contribution in [0.15, 0.2) is 46.1 Å². The van der Waals surface area contributed by atoms with Gasteiger partial charge < -0.3 is 18.9 Å². The lowest BCUT2D eigenvalue weighted by Gasteiger charge is -2.14. The molecule has 0 bridgehead atoms. The molecule has 4 rings (SSSR count). The maximum Gasteiger partial charge on any atom is 0.255 e. The number of hydrogen-bond donors (Lipinski definition) is 0. The molecule has 1 amide bonds. The number of hydrogen-bond acceptors (Lipinski definition) is 8. The number of likely N-dealkylation sites (tertiary alicyclic amines) is 1. The first-order chi connectivity index (χ1) is 14.7. The molecule has 9 heteroatoms. The molecule has 0 spiro atoms. The van der Waals surface area contributed by atoms with Crippen molar-refractivity contribution in [3.63, 3.8) is 0 Å². The molecule has 0 N–H and O–H groups in total. The Hall–Kier alpha value is -3.07. The summed E-state index contributed by atoms with van der Waals surface area (Å²) in [5.41, 5.74) is 1.39. The molecular formula is C21H22N4O4S. The van der Waals surface area contributed by atoms with Crippen molar-refractivity contribution in [3.05, 3.63) is 48.0 Å². The van der Waals surface area contributed by atoms with Crippen LogP contribution in [0.1, 0.15) is 29.1 Å². The van der Waals surface area contributed by atoms with E-state index < -0.39 is 0 Å². The molecule has 1 saturated heterocycles. The quantitative estimate of drug-likeness (QED) is 0.529. The van der Waals surface area contributed by atoms with E-state index in [1.165, 1.54) is 11.8 Å². The van der Waals surface area contributed by atoms with Crippen LogP contribution >= 0.6 is 11.8 Å². The van der Waals surface area contributed by atoms with Gasteiger partial charge in [0.1, 0.15) is 0 Å². The van der Waals surface area contributed by atoms with E-state index in [9.17, 15) is 4.79 Å². The number of amides is 1. The van der Waals surface area contributed by atoms with Crippen LogP contribution in [-0.2, 0) is 5.75 Å². The van der Waals surface area contributed by atoms with E-state index in [2.05, 4.69) is 15.1 Å². The second-order valence-corrected chi connectivity index (χ2v) is 7.75. The predicted molar refractivity (Wildman–Crippen MR) is 112 cm³/mol. The zero-order chi connectivity index (χ0) is 20.9. The Kier molecular flexibility index (Phi) is 6.18. The van der Waals surface area contributed by atoms with Gasteiger partial charge in [0.25, 0.3) is 5.91 Å². The molecule has 0 atom stereocenters. The summed E-state index contributed by atoms with van der Waals surface area (Å²) in [4.78, 5) is 23.1. The number of ether oxygens (including phenoxy) is 2. The number of pyridine rings is 1. The van der Waals surface area contributed by atoms with Gasteiger partial charge in [-0.1, -0.05) is 16.9 Å². The van der Waals surface area contributed by atoms with Crippen LogP contribution in [0.3, 0.4) is 0 Å². The van der Waals surface area contributed by atoms with Gasteiger partial charge in [-0.3, -0.25) is 4.79 Å². The Morgan fingerprint density at radius 2 is 1.93 bits per heavy atom. The predicted octanol–water partition coefficient (Wildman–Crippen LogP) is 3.68. The Labute approximate surface area is 178 Å². The minimum Gasteiger partial charge on any atom is -0.493 e. The van der Waals surface area contributed by atoms with Crippen molar-refractivity contribution in [1.29, 1.82) is 0 Å². The maximum absolute atomic E-state index is 12.4. The smallest absolute Gasteiger partial charge is 0.255 e. The number of aromatic nitrogens is 3. The van der Waals surface area contributed by atoms with Crippen LogP contribution in [0.5, 0.6) is 11.5 Å². The third kappa shape index (κ3) is 4.40. The Bertz CT molecular complexity index is 1020. The van der Waals surface area contributed by atoms with Crippen LogP contribution in [0, 0.1) is 0 Å². The highest BCUT2D eigenvalue weighted by molar-refractivity contribution is 7.98. The van der Waals surface area contributed by atoms with Gasteiger partial charge >= 0.3 is 0 Å². The highest BCUT2D eigenvalue weighted by Gasteiger charge is 2.19. The number of carbonyl (C=O) groups is 1. The van der Waals surface area contributed by atoms with Crippen LogP contribution in [0.2, 0.25) is 0 Å². The van der Waals surface area contributed by atoms with Crippen molar-refractivity contribution in [2.45, 2.75) is 23.6 Å². The lowest BCUT2D eigenvalue weighted by Crippen LogP contribution is -2.27. The third-order valence-corrected chi connectivity index (χ3v) is 5.76. The number of methoxy groups -OCH3 is 2. The highest BCUT2D eigenvalue weighted by atomic mass is 32.2. The van der Waals surface area contributed by atoms with Gasteiger partial charge in [0.15, 0.2) is 11.5 Å². The molecule has 2 aromatic heterocycles. The fraction of sp³-hybridized carbons (Fsp3) is 0.333. The van der Waals surface area contributed by atoms with E-state index in [0.717, 1.165) is 36.5 Å². The Morgan fingerprint density at radius 1 is 1.13 bits per heavy atom. The summed E-state index contributed by atoms with van der Waals surface area (Å²) >= 11 is 1.47. The summed E-state index contributed by atoms with van der Waals surface area (Å²) in [6.45, 7) is 1.66. The van der Waals surface area contributed by atoms with Gasteiger partial charge in [-0.15, -0.1) is 0 Å². The normalized spacial score (nSPS) is 13.5. The van der Waals surface area contributed by atoms with Gasteiger partial charge in [0.2, 0.25) is 11.7 Å². The summed E-state index contributed by atoms with van der Waals surface area (Å²) in [6, 6.07) is 9.12. The third-order valence-electron chi connectivity index (χ3n) is 4.83. The molecule has 1 aliphatic rings. The van der Waals surface area contributed by atoms with Crippen molar-refractivity contribution >= 4 is 17.7 Å². The van der Waals surface area contributed by atoms with Crippen molar-refractivity contribution < 1.29 is 18.8 Å². The van der Waals surface area contributed by atoms with Crippen molar-refractivity contribution in [3.8, 4) is 22.9 Å². The zero-order valence-corrected chi connectivity index (χ0v) is 17.6. The molecule has 0 unspecified atom stereocenters. The SMILES string of the molecule is COc1ccc(-c2noc(CSc3ccc(C(=O)N4CCCC4)cn3)n2)cc1OC. The lowest BCUT2D eigenvalue weighted by atomic mass is 10.2. The van der Waals surface area contributed by atoms with Crippen molar-refractivity contribution in [1.82, 2.24) is 20.0 Å². The highest BCUT2D eigenvalue weighted by Crippen LogP contribution is 2.31. The fourth-order valence-corrected chi connectivity index (χ4v) is 3.92. The Morgan fingerprint density at radius 3 is 2.63 bits per heavy atom. The lowest BCUT2D eigenvalue weighted by molar-refractivity contribution is 0.0792. The zero-order valence-electron chi connectivity index (χ0n) is 16.8. The molecule has 0 aliphatic carbocycles. The van der Waals surface area contributed by atoms with Crippen LogP contribution in [-0.4, -0.2) is 53.2 Å². The van der Waals surface area contributed by atoms with E-state index in [1.54, 1.807) is 32.5 Å². The number of nitrogens with zero attached hydrogens (tertiary/aromatic N) is 4. The van der Waals surface area contributed by atoms with Crippen molar-refractivity contribution in [2.75, 3.05) is 27.3 Å². The summed E-state index contributed by atoms with van der Waals surface area (Å²) in [5.74, 6) is 2.73. The largest absolute Gasteiger partial charge is 0.493 e. The van der Waals surface area contributed by atoms with E-state index >= 15 is 0 Å². The molecular weight excluding hydrogens is 404 g/mol.